The van der Waals surface area contributed by atoms with Gasteiger partial charge in [0.05, 0.1) is 24.8 Å². The zero-order chi connectivity index (χ0) is 22.4. The molecule has 1 aliphatic heterocycles. The first-order valence-corrected chi connectivity index (χ1v) is 11.2. The van der Waals surface area contributed by atoms with Crippen molar-refractivity contribution >= 4 is 33.4 Å². The van der Waals surface area contributed by atoms with Gasteiger partial charge >= 0.3 is 6.09 Å². The fourth-order valence-electron chi connectivity index (χ4n) is 3.37. The number of rotatable bonds is 6. The van der Waals surface area contributed by atoms with Gasteiger partial charge in [-0.2, -0.15) is 4.31 Å². The first-order chi connectivity index (χ1) is 14.8. The number of carbonyl (C=O) groups is 2. The Bertz CT molecular complexity index is 1030. The van der Waals surface area contributed by atoms with Gasteiger partial charge in [-0.15, -0.1) is 0 Å². The molecule has 2 amide bonds. The molecule has 166 valence electrons. The van der Waals surface area contributed by atoms with Gasteiger partial charge in [-0.05, 0) is 49.2 Å². The van der Waals surface area contributed by atoms with Crippen LogP contribution >= 0.6 is 0 Å². The van der Waals surface area contributed by atoms with Crippen LogP contribution in [0.4, 0.5) is 16.2 Å². The number of sulfonamides is 1. The summed E-state index contributed by atoms with van der Waals surface area (Å²) in [5, 5.41) is 5.34. The molecular weight excluding hydrogens is 422 g/mol. The van der Waals surface area contributed by atoms with Crippen LogP contribution in [0.5, 0.6) is 5.75 Å². The summed E-state index contributed by atoms with van der Waals surface area (Å²) < 4.78 is 37.0. The average molecular weight is 448 g/mol. The summed E-state index contributed by atoms with van der Waals surface area (Å²) in [6, 6.07) is 13.0. The third-order valence-corrected chi connectivity index (χ3v) is 7.03. The maximum absolute atomic E-state index is 12.9. The SMILES string of the molecule is COC(=O)Nc1ccc(S(=O)(=O)N2CCC(C(=O)Nc3ccccc3OC)CC2)cc1. The van der Waals surface area contributed by atoms with Gasteiger partial charge in [-0.1, -0.05) is 12.1 Å². The van der Waals surface area contributed by atoms with E-state index < -0.39 is 16.1 Å². The van der Waals surface area contributed by atoms with Crippen LogP contribution in [0, 0.1) is 5.92 Å². The van der Waals surface area contributed by atoms with E-state index in [0.29, 0.717) is 30.0 Å². The van der Waals surface area contributed by atoms with Gasteiger partial charge in [0.15, 0.2) is 0 Å². The van der Waals surface area contributed by atoms with Gasteiger partial charge in [-0.25, -0.2) is 13.2 Å². The number of carbonyl (C=O) groups excluding carboxylic acids is 2. The molecule has 0 bridgehead atoms. The predicted octanol–water partition coefficient (Wildman–Crippen LogP) is 2.91. The minimum Gasteiger partial charge on any atom is -0.495 e. The lowest BCUT2D eigenvalue weighted by molar-refractivity contribution is -0.120. The van der Waals surface area contributed by atoms with E-state index in [1.165, 1.54) is 42.8 Å². The molecule has 0 aromatic heterocycles. The van der Waals surface area contributed by atoms with E-state index in [-0.39, 0.29) is 29.8 Å². The minimum absolute atomic E-state index is 0.125. The van der Waals surface area contributed by atoms with Gasteiger partial charge in [0.2, 0.25) is 15.9 Å². The van der Waals surface area contributed by atoms with Crippen molar-refractivity contribution < 1.29 is 27.5 Å². The second-order valence-electron chi connectivity index (χ2n) is 7.01. The van der Waals surface area contributed by atoms with Gasteiger partial charge in [0, 0.05) is 24.7 Å². The molecule has 0 saturated carbocycles. The van der Waals surface area contributed by atoms with Crippen LogP contribution in [0.3, 0.4) is 0 Å². The van der Waals surface area contributed by atoms with Crippen LogP contribution in [-0.4, -0.2) is 52.0 Å². The summed E-state index contributed by atoms with van der Waals surface area (Å²) in [6.45, 7) is 0.489. The number of nitrogens with zero attached hydrogens (tertiary/aromatic N) is 1. The first kappa shape index (κ1) is 22.6. The Kier molecular flexibility index (Phi) is 7.13. The third kappa shape index (κ3) is 5.33. The largest absolute Gasteiger partial charge is 0.495 e. The normalized spacial score (nSPS) is 15.2. The lowest BCUT2D eigenvalue weighted by Crippen LogP contribution is -2.41. The molecule has 0 atom stereocenters. The summed E-state index contributed by atoms with van der Waals surface area (Å²) in [7, 11) is -0.915. The van der Waals surface area contributed by atoms with Crippen LogP contribution in [0.1, 0.15) is 12.8 Å². The van der Waals surface area contributed by atoms with Crippen molar-refractivity contribution in [2.75, 3.05) is 37.9 Å². The van der Waals surface area contributed by atoms with E-state index >= 15 is 0 Å². The number of hydrogen-bond acceptors (Lipinski definition) is 6. The van der Waals surface area contributed by atoms with Crippen LogP contribution in [0.25, 0.3) is 0 Å². The molecule has 1 aliphatic rings. The molecular formula is C21H25N3O6S. The highest BCUT2D eigenvalue weighted by atomic mass is 32.2. The number of benzene rings is 2. The fourth-order valence-corrected chi connectivity index (χ4v) is 4.84. The van der Waals surface area contributed by atoms with E-state index in [1.807, 2.05) is 6.07 Å². The molecule has 10 heteroatoms. The Hall–Kier alpha value is -3.11. The summed E-state index contributed by atoms with van der Waals surface area (Å²) in [4.78, 5) is 24.0. The van der Waals surface area contributed by atoms with Crippen LogP contribution in [-0.2, 0) is 19.6 Å². The van der Waals surface area contributed by atoms with Crippen molar-refractivity contribution in [3.63, 3.8) is 0 Å². The Morgan fingerprint density at radius 2 is 1.61 bits per heavy atom. The lowest BCUT2D eigenvalue weighted by atomic mass is 9.97. The molecule has 3 rings (SSSR count). The smallest absolute Gasteiger partial charge is 0.411 e. The Morgan fingerprint density at radius 3 is 2.23 bits per heavy atom. The van der Waals surface area contributed by atoms with Gasteiger partial charge < -0.3 is 14.8 Å². The number of ether oxygens (including phenoxy) is 2. The fraction of sp³-hybridized carbons (Fsp3) is 0.333. The molecule has 31 heavy (non-hydrogen) atoms. The molecule has 9 nitrogen and oxygen atoms in total. The Balaban J connectivity index is 1.60. The summed E-state index contributed by atoms with van der Waals surface area (Å²) in [5.41, 5.74) is 1.02. The number of para-hydroxylation sites is 2. The summed E-state index contributed by atoms with van der Waals surface area (Å²) in [5.74, 6) is 0.128. The zero-order valence-corrected chi connectivity index (χ0v) is 18.1. The molecule has 0 aliphatic carbocycles. The number of nitrogens with one attached hydrogen (secondary N) is 2. The quantitative estimate of drug-likeness (QED) is 0.704. The number of piperidine rings is 1. The predicted molar refractivity (Wildman–Crippen MR) is 116 cm³/mol. The molecule has 1 saturated heterocycles. The topological polar surface area (TPSA) is 114 Å². The summed E-state index contributed by atoms with van der Waals surface area (Å²) >= 11 is 0. The monoisotopic (exact) mass is 447 g/mol. The van der Waals surface area contributed by atoms with Crippen molar-refractivity contribution in [2.24, 2.45) is 5.92 Å². The number of anilines is 2. The van der Waals surface area contributed by atoms with Crippen LogP contribution in [0.15, 0.2) is 53.4 Å². The molecule has 2 N–H and O–H groups in total. The standard InChI is InChI=1S/C21H25N3O6S/c1-29-19-6-4-3-5-18(19)23-20(25)15-11-13-24(14-12-15)31(27,28)17-9-7-16(8-10-17)22-21(26)30-2/h3-10,15H,11-14H2,1-2H3,(H,22,26)(H,23,25). The molecule has 0 radical (unpaired) electrons. The van der Waals surface area contributed by atoms with Gasteiger partial charge in [-0.3, -0.25) is 10.1 Å². The van der Waals surface area contributed by atoms with Crippen molar-refractivity contribution in [1.29, 1.82) is 0 Å². The molecule has 1 heterocycles. The second-order valence-corrected chi connectivity index (χ2v) is 8.95. The number of methoxy groups -OCH3 is 2. The van der Waals surface area contributed by atoms with Gasteiger partial charge in [0.25, 0.3) is 0 Å². The molecule has 1 fully saturated rings. The van der Waals surface area contributed by atoms with Crippen LogP contribution < -0.4 is 15.4 Å². The Labute approximate surface area is 181 Å². The molecule has 0 spiro atoms. The van der Waals surface area contributed by atoms with E-state index in [2.05, 4.69) is 15.4 Å². The molecule has 2 aromatic rings. The van der Waals surface area contributed by atoms with Gasteiger partial charge in [0.1, 0.15) is 5.75 Å². The van der Waals surface area contributed by atoms with Crippen LogP contribution in [0.2, 0.25) is 0 Å². The minimum atomic E-state index is -3.69. The third-order valence-electron chi connectivity index (χ3n) is 5.11. The highest BCUT2D eigenvalue weighted by Gasteiger charge is 2.32. The maximum Gasteiger partial charge on any atom is 0.411 e. The molecule has 2 aromatic carbocycles. The highest BCUT2D eigenvalue weighted by Crippen LogP contribution is 2.28. The second kappa shape index (κ2) is 9.80. The van der Waals surface area contributed by atoms with Crippen molar-refractivity contribution in [3.05, 3.63) is 48.5 Å². The number of amides is 2. The average Bonchev–Trinajstić information content (AvgIpc) is 2.79. The lowest BCUT2D eigenvalue weighted by Gasteiger charge is -2.30. The molecule has 0 unspecified atom stereocenters. The Morgan fingerprint density at radius 1 is 0.968 bits per heavy atom. The van der Waals surface area contributed by atoms with Crippen molar-refractivity contribution in [3.8, 4) is 5.75 Å². The number of hydrogen-bond donors (Lipinski definition) is 2. The first-order valence-electron chi connectivity index (χ1n) is 9.74. The van der Waals surface area contributed by atoms with E-state index in [9.17, 15) is 18.0 Å². The maximum atomic E-state index is 12.9. The van der Waals surface area contributed by atoms with Crippen molar-refractivity contribution in [2.45, 2.75) is 17.7 Å². The zero-order valence-electron chi connectivity index (χ0n) is 17.3. The van der Waals surface area contributed by atoms with E-state index in [1.54, 1.807) is 18.2 Å². The van der Waals surface area contributed by atoms with Crippen molar-refractivity contribution in [1.82, 2.24) is 4.31 Å². The summed E-state index contributed by atoms with van der Waals surface area (Å²) in [6.07, 6.45) is 0.203. The highest BCUT2D eigenvalue weighted by molar-refractivity contribution is 7.89. The van der Waals surface area contributed by atoms with E-state index in [0.717, 1.165) is 0 Å². The van der Waals surface area contributed by atoms with E-state index in [4.69, 9.17) is 4.74 Å².